The van der Waals surface area contributed by atoms with Crippen molar-refractivity contribution in [2.45, 2.75) is 26.2 Å². The Morgan fingerprint density at radius 3 is 2.25 bits per heavy atom. The van der Waals surface area contributed by atoms with E-state index in [1.807, 2.05) is 12.1 Å². The number of imide groups is 1. The lowest BCUT2D eigenvalue weighted by molar-refractivity contribution is 0.0879. The first-order valence-corrected chi connectivity index (χ1v) is 7.68. The van der Waals surface area contributed by atoms with E-state index in [1.165, 1.54) is 0 Å². The SMILES string of the molecule is CC(C)(C)c1ccc(C(=O)Nc2cccc3c2C(=O)NC3=O)cc1. The van der Waals surface area contributed by atoms with Crippen molar-refractivity contribution < 1.29 is 14.4 Å². The number of benzene rings is 2. The minimum atomic E-state index is -0.492. The summed E-state index contributed by atoms with van der Waals surface area (Å²) in [6.07, 6.45) is 0. The monoisotopic (exact) mass is 322 g/mol. The summed E-state index contributed by atoms with van der Waals surface area (Å²) in [6.45, 7) is 6.31. The average molecular weight is 322 g/mol. The van der Waals surface area contributed by atoms with E-state index in [9.17, 15) is 14.4 Å². The van der Waals surface area contributed by atoms with Gasteiger partial charge in [0.15, 0.2) is 0 Å². The lowest BCUT2D eigenvalue weighted by Crippen LogP contribution is -2.21. The molecule has 5 heteroatoms. The Kier molecular flexibility index (Phi) is 3.72. The number of nitrogens with one attached hydrogen (secondary N) is 2. The minimum absolute atomic E-state index is 0.00765. The Morgan fingerprint density at radius 1 is 0.958 bits per heavy atom. The van der Waals surface area contributed by atoms with Crippen molar-refractivity contribution >= 4 is 23.4 Å². The first-order chi connectivity index (χ1) is 11.3. The zero-order chi connectivity index (χ0) is 17.5. The number of anilines is 1. The summed E-state index contributed by atoms with van der Waals surface area (Å²) in [7, 11) is 0. The largest absolute Gasteiger partial charge is 0.321 e. The number of fused-ring (bicyclic) bond motifs is 1. The van der Waals surface area contributed by atoms with Gasteiger partial charge in [0.05, 0.1) is 16.8 Å². The van der Waals surface area contributed by atoms with Crippen LogP contribution in [-0.4, -0.2) is 17.7 Å². The molecule has 0 aliphatic carbocycles. The molecule has 0 unspecified atom stereocenters. The Morgan fingerprint density at radius 2 is 1.62 bits per heavy atom. The summed E-state index contributed by atoms with van der Waals surface area (Å²) >= 11 is 0. The molecule has 0 bridgehead atoms. The predicted molar refractivity (Wildman–Crippen MR) is 91.3 cm³/mol. The third kappa shape index (κ3) is 2.80. The highest BCUT2D eigenvalue weighted by Crippen LogP contribution is 2.25. The van der Waals surface area contributed by atoms with Crippen LogP contribution in [0.1, 0.15) is 57.4 Å². The van der Waals surface area contributed by atoms with Crippen LogP contribution in [0.5, 0.6) is 0 Å². The van der Waals surface area contributed by atoms with E-state index < -0.39 is 11.8 Å². The van der Waals surface area contributed by atoms with E-state index in [0.717, 1.165) is 5.56 Å². The van der Waals surface area contributed by atoms with E-state index in [2.05, 4.69) is 31.4 Å². The van der Waals surface area contributed by atoms with Crippen molar-refractivity contribution in [3.63, 3.8) is 0 Å². The summed E-state index contributed by atoms with van der Waals surface area (Å²) < 4.78 is 0. The van der Waals surface area contributed by atoms with Crippen LogP contribution in [-0.2, 0) is 5.41 Å². The van der Waals surface area contributed by atoms with Gasteiger partial charge in [0.2, 0.25) is 0 Å². The average Bonchev–Trinajstić information content (AvgIpc) is 2.82. The van der Waals surface area contributed by atoms with Crippen LogP contribution in [0.15, 0.2) is 42.5 Å². The molecule has 122 valence electrons. The van der Waals surface area contributed by atoms with Gasteiger partial charge in [-0.2, -0.15) is 0 Å². The number of hydrogen-bond donors (Lipinski definition) is 2. The molecule has 0 spiro atoms. The van der Waals surface area contributed by atoms with Gasteiger partial charge in [-0.15, -0.1) is 0 Å². The Bertz CT molecular complexity index is 846. The molecule has 1 heterocycles. The summed E-state index contributed by atoms with van der Waals surface area (Å²) in [4.78, 5) is 36.0. The minimum Gasteiger partial charge on any atom is -0.321 e. The number of amides is 3. The number of hydrogen-bond acceptors (Lipinski definition) is 3. The maximum Gasteiger partial charge on any atom is 0.261 e. The summed E-state index contributed by atoms with van der Waals surface area (Å²) in [5.41, 5.74) is 2.45. The Balaban J connectivity index is 1.87. The molecule has 0 aromatic heterocycles. The second-order valence-corrected chi connectivity index (χ2v) is 6.79. The molecule has 1 aliphatic heterocycles. The highest BCUT2D eigenvalue weighted by molar-refractivity contribution is 6.25. The van der Waals surface area contributed by atoms with E-state index in [-0.39, 0.29) is 22.4 Å². The van der Waals surface area contributed by atoms with E-state index in [4.69, 9.17) is 0 Å². The van der Waals surface area contributed by atoms with E-state index in [1.54, 1.807) is 30.3 Å². The molecule has 2 aromatic carbocycles. The quantitative estimate of drug-likeness (QED) is 0.834. The van der Waals surface area contributed by atoms with Gasteiger partial charge < -0.3 is 5.32 Å². The van der Waals surface area contributed by atoms with Crippen LogP contribution in [0.2, 0.25) is 0 Å². The van der Waals surface area contributed by atoms with Crippen molar-refractivity contribution in [2.24, 2.45) is 0 Å². The number of rotatable bonds is 2. The lowest BCUT2D eigenvalue weighted by Gasteiger charge is -2.19. The summed E-state index contributed by atoms with van der Waals surface area (Å²) in [5.74, 6) is -1.26. The van der Waals surface area contributed by atoms with Crippen LogP contribution in [0.25, 0.3) is 0 Å². The fraction of sp³-hybridized carbons (Fsp3) is 0.211. The molecule has 5 nitrogen and oxygen atoms in total. The Labute approximate surface area is 140 Å². The molecular weight excluding hydrogens is 304 g/mol. The van der Waals surface area contributed by atoms with Crippen LogP contribution in [0.3, 0.4) is 0 Å². The fourth-order valence-corrected chi connectivity index (χ4v) is 2.64. The van der Waals surface area contributed by atoms with Gasteiger partial charge in [-0.1, -0.05) is 39.0 Å². The topological polar surface area (TPSA) is 75.3 Å². The van der Waals surface area contributed by atoms with Gasteiger partial charge in [0, 0.05) is 5.56 Å². The van der Waals surface area contributed by atoms with Crippen molar-refractivity contribution in [1.29, 1.82) is 0 Å². The molecular formula is C19H18N2O3. The Hall–Kier alpha value is -2.95. The maximum atomic E-state index is 12.4. The zero-order valence-corrected chi connectivity index (χ0v) is 13.8. The maximum absolute atomic E-state index is 12.4. The van der Waals surface area contributed by atoms with Gasteiger partial charge in [0.1, 0.15) is 0 Å². The lowest BCUT2D eigenvalue weighted by atomic mass is 9.86. The standard InChI is InChI=1S/C19H18N2O3/c1-19(2,3)12-9-7-11(8-10-12)16(22)20-14-6-4-5-13-15(14)18(24)21-17(13)23/h4-10H,1-3H3,(H,20,22)(H,21,23,24). The van der Waals surface area contributed by atoms with Crippen LogP contribution < -0.4 is 10.6 Å². The number of carbonyl (C=O) groups is 3. The molecule has 3 rings (SSSR count). The van der Waals surface area contributed by atoms with Gasteiger partial charge in [-0.3, -0.25) is 19.7 Å². The molecule has 0 atom stereocenters. The molecule has 2 N–H and O–H groups in total. The van der Waals surface area contributed by atoms with E-state index >= 15 is 0 Å². The van der Waals surface area contributed by atoms with Gasteiger partial charge in [-0.25, -0.2) is 0 Å². The molecule has 3 amide bonds. The van der Waals surface area contributed by atoms with E-state index in [0.29, 0.717) is 11.3 Å². The van der Waals surface area contributed by atoms with Crippen LogP contribution in [0.4, 0.5) is 5.69 Å². The normalized spacial score (nSPS) is 13.5. The molecule has 0 saturated heterocycles. The van der Waals surface area contributed by atoms with Crippen molar-refractivity contribution in [1.82, 2.24) is 5.32 Å². The highest BCUT2D eigenvalue weighted by atomic mass is 16.2. The predicted octanol–water partition coefficient (Wildman–Crippen LogP) is 3.12. The first-order valence-electron chi connectivity index (χ1n) is 7.68. The van der Waals surface area contributed by atoms with Gasteiger partial charge >= 0.3 is 0 Å². The van der Waals surface area contributed by atoms with Crippen molar-refractivity contribution in [2.75, 3.05) is 5.32 Å². The van der Waals surface area contributed by atoms with Gasteiger partial charge in [-0.05, 0) is 35.2 Å². The second kappa shape index (κ2) is 5.60. The molecule has 2 aromatic rings. The van der Waals surface area contributed by atoms with Crippen molar-refractivity contribution in [3.8, 4) is 0 Å². The highest BCUT2D eigenvalue weighted by Gasteiger charge is 2.29. The molecule has 1 aliphatic rings. The zero-order valence-electron chi connectivity index (χ0n) is 13.8. The third-order valence-corrected chi connectivity index (χ3v) is 4.02. The smallest absolute Gasteiger partial charge is 0.261 e. The first kappa shape index (κ1) is 15.9. The summed E-state index contributed by atoms with van der Waals surface area (Å²) in [6, 6.07) is 12.1. The second-order valence-electron chi connectivity index (χ2n) is 6.79. The molecule has 0 radical (unpaired) electrons. The van der Waals surface area contributed by atoms with Gasteiger partial charge in [0.25, 0.3) is 17.7 Å². The summed E-state index contributed by atoms with van der Waals surface area (Å²) in [5, 5.41) is 4.95. The van der Waals surface area contributed by atoms with Crippen molar-refractivity contribution in [3.05, 3.63) is 64.7 Å². The molecule has 0 fully saturated rings. The molecule has 0 saturated carbocycles. The third-order valence-electron chi connectivity index (χ3n) is 4.02. The fourth-order valence-electron chi connectivity index (χ4n) is 2.64. The van der Waals surface area contributed by atoms with Crippen LogP contribution >= 0.6 is 0 Å². The van der Waals surface area contributed by atoms with Crippen LogP contribution in [0, 0.1) is 0 Å². The number of carbonyl (C=O) groups excluding carboxylic acids is 3. The molecule has 24 heavy (non-hydrogen) atoms.